The summed E-state index contributed by atoms with van der Waals surface area (Å²) < 4.78 is 16.9. The highest BCUT2D eigenvalue weighted by molar-refractivity contribution is 5.86. The van der Waals surface area contributed by atoms with Gasteiger partial charge in [0.1, 0.15) is 18.0 Å². The molecule has 3 aromatic rings. The van der Waals surface area contributed by atoms with Crippen molar-refractivity contribution >= 4 is 23.0 Å². The van der Waals surface area contributed by atoms with Gasteiger partial charge >= 0.3 is 12.1 Å². The summed E-state index contributed by atoms with van der Waals surface area (Å²) in [7, 11) is 0. The van der Waals surface area contributed by atoms with Crippen molar-refractivity contribution in [2.75, 3.05) is 0 Å². The number of rotatable bonds is 1. The highest BCUT2D eigenvalue weighted by Gasteiger charge is 2.33. The predicted octanol–water partition coefficient (Wildman–Crippen LogP) is 4.88. The minimum absolute atomic E-state index is 0.165. The van der Waals surface area contributed by atoms with Gasteiger partial charge in [-0.3, -0.25) is 4.79 Å². The van der Waals surface area contributed by atoms with Gasteiger partial charge in [0, 0.05) is 16.5 Å². The highest BCUT2D eigenvalue weighted by atomic mass is 16.7. The zero-order valence-electron chi connectivity index (χ0n) is 21.7. The Bertz CT molecular complexity index is 1370. The number of nitrogens with zero attached hydrogens (tertiary/aromatic N) is 2. The van der Waals surface area contributed by atoms with Gasteiger partial charge in [-0.25, -0.2) is 14.6 Å². The quantitative estimate of drug-likeness (QED) is 0.293. The molecule has 1 N–H and O–H groups in total. The van der Waals surface area contributed by atoms with Crippen molar-refractivity contribution in [1.29, 1.82) is 0 Å². The number of hydrogen-bond donors (Lipinski definition) is 1. The second kappa shape index (κ2) is 10.5. The molecule has 0 bridgehead atoms. The van der Waals surface area contributed by atoms with Gasteiger partial charge in [0.2, 0.25) is 0 Å². The Morgan fingerprint density at radius 2 is 1.81 bits per heavy atom. The van der Waals surface area contributed by atoms with Crippen LogP contribution in [0.5, 0.6) is 5.75 Å². The summed E-state index contributed by atoms with van der Waals surface area (Å²) in [6.07, 6.45) is -2.29. The maximum absolute atomic E-state index is 13.0. The molecule has 2 aromatic heterocycles. The molecule has 2 aliphatic heterocycles. The largest absolute Gasteiger partial charge is 0.514 e. The SMILES string of the molecule is CC.CC.CC(C)(C)OC(=O)Oc1ccc2nc3c(cc2c1)Cn1c-3cc2c(c1=O)COC(=O)[C@H]2O. The molecule has 9 heteroatoms. The lowest BCUT2D eigenvalue weighted by atomic mass is 10.0. The fourth-order valence-corrected chi connectivity index (χ4v) is 3.94. The van der Waals surface area contributed by atoms with E-state index in [1.165, 1.54) is 0 Å². The number of fused-ring (bicyclic) bond motifs is 5. The molecular weight excluding hydrogens is 464 g/mol. The molecule has 5 rings (SSSR count). The fraction of sp³-hybridized carbons (Fsp3) is 0.407. The van der Waals surface area contributed by atoms with Crippen LogP contribution in [0, 0.1) is 0 Å². The van der Waals surface area contributed by atoms with Crippen molar-refractivity contribution in [2.24, 2.45) is 0 Å². The first-order chi connectivity index (χ1) is 17.1. The molecule has 0 radical (unpaired) electrons. The van der Waals surface area contributed by atoms with Crippen molar-refractivity contribution in [3.8, 4) is 17.1 Å². The smallest absolute Gasteiger partial charge is 0.458 e. The Morgan fingerprint density at radius 3 is 2.47 bits per heavy atom. The zero-order chi connectivity index (χ0) is 26.8. The molecule has 0 saturated carbocycles. The van der Waals surface area contributed by atoms with Crippen LogP contribution in [0.15, 0.2) is 35.1 Å². The van der Waals surface area contributed by atoms with Gasteiger partial charge in [-0.05, 0) is 51.1 Å². The lowest BCUT2D eigenvalue weighted by Gasteiger charge is -2.21. The number of ether oxygens (including phenoxy) is 3. The molecule has 2 aliphatic rings. The molecule has 0 amide bonds. The predicted molar refractivity (Wildman–Crippen MR) is 135 cm³/mol. The first kappa shape index (κ1) is 26.9. The van der Waals surface area contributed by atoms with Crippen LogP contribution in [0.4, 0.5) is 4.79 Å². The minimum Gasteiger partial charge on any atom is -0.458 e. The number of benzene rings is 1. The van der Waals surface area contributed by atoms with Crippen LogP contribution in [0.25, 0.3) is 22.3 Å². The Morgan fingerprint density at radius 1 is 1.11 bits per heavy atom. The number of pyridine rings is 2. The van der Waals surface area contributed by atoms with Crippen LogP contribution >= 0.6 is 0 Å². The van der Waals surface area contributed by atoms with E-state index in [4.69, 9.17) is 14.2 Å². The number of hydrogen-bond acceptors (Lipinski definition) is 8. The third-order valence-electron chi connectivity index (χ3n) is 5.34. The second-order valence-corrected chi connectivity index (χ2v) is 8.78. The summed E-state index contributed by atoms with van der Waals surface area (Å²) in [6.45, 7) is 13.4. The van der Waals surface area contributed by atoms with Gasteiger partial charge in [-0.15, -0.1) is 0 Å². The second-order valence-electron chi connectivity index (χ2n) is 8.78. The van der Waals surface area contributed by atoms with Crippen molar-refractivity contribution < 1.29 is 28.9 Å². The third-order valence-corrected chi connectivity index (χ3v) is 5.34. The summed E-state index contributed by atoms with van der Waals surface area (Å²) in [4.78, 5) is 41.3. The van der Waals surface area contributed by atoms with Crippen LogP contribution < -0.4 is 10.3 Å². The Kier molecular flexibility index (Phi) is 7.83. The molecule has 0 saturated heterocycles. The van der Waals surface area contributed by atoms with Gasteiger partial charge in [0.05, 0.1) is 29.0 Å². The lowest BCUT2D eigenvalue weighted by molar-refractivity contribution is -0.157. The first-order valence-electron chi connectivity index (χ1n) is 12.1. The van der Waals surface area contributed by atoms with Crippen LogP contribution in [-0.2, 0) is 27.4 Å². The summed E-state index contributed by atoms with van der Waals surface area (Å²) in [5.74, 6) is -0.459. The molecule has 0 unspecified atom stereocenters. The van der Waals surface area contributed by atoms with E-state index >= 15 is 0 Å². The molecule has 1 atom stereocenters. The van der Waals surface area contributed by atoms with Crippen LogP contribution in [0.3, 0.4) is 0 Å². The van der Waals surface area contributed by atoms with E-state index < -0.39 is 23.8 Å². The molecule has 36 heavy (non-hydrogen) atoms. The Balaban J connectivity index is 0.000000861. The van der Waals surface area contributed by atoms with Crippen LogP contribution in [0.1, 0.15) is 71.3 Å². The maximum atomic E-state index is 13.0. The molecular formula is C27H32N2O7. The Hall–Kier alpha value is -3.72. The monoisotopic (exact) mass is 496 g/mol. The van der Waals surface area contributed by atoms with Crippen LogP contribution in [0.2, 0.25) is 0 Å². The summed E-state index contributed by atoms with van der Waals surface area (Å²) in [6, 6.07) is 8.51. The first-order valence-corrected chi connectivity index (χ1v) is 12.1. The minimum atomic E-state index is -1.49. The van der Waals surface area contributed by atoms with E-state index in [-0.39, 0.29) is 23.3 Å². The van der Waals surface area contributed by atoms with Crippen molar-refractivity contribution in [3.63, 3.8) is 0 Å². The number of cyclic esters (lactones) is 1. The van der Waals surface area contributed by atoms with E-state index in [0.717, 1.165) is 10.9 Å². The highest BCUT2D eigenvalue weighted by Crippen LogP contribution is 2.35. The molecule has 9 nitrogen and oxygen atoms in total. The van der Waals surface area contributed by atoms with E-state index in [1.807, 2.05) is 33.8 Å². The number of carbonyl (C=O) groups excluding carboxylic acids is 2. The summed E-state index contributed by atoms with van der Waals surface area (Å²) in [5, 5.41) is 10.9. The number of aliphatic hydroxyl groups excluding tert-OH is 1. The van der Waals surface area contributed by atoms with E-state index in [2.05, 4.69) is 4.98 Å². The van der Waals surface area contributed by atoms with E-state index in [0.29, 0.717) is 29.2 Å². The standard InChI is InChI=1S/C23H20N2O7.2C2H6/c1-23(2,3)32-22(29)31-13-4-5-16-11(7-13)6-12-9-25-17(18(12)24-16)8-14-15(20(25)27)10-30-21(28)19(14)26;2*1-2/h4-8,19,26H,9-10H2,1-3H3;2*1-2H3/t19-;;/m0../s1. The molecule has 4 heterocycles. The van der Waals surface area contributed by atoms with E-state index in [9.17, 15) is 19.5 Å². The topological polar surface area (TPSA) is 117 Å². The summed E-state index contributed by atoms with van der Waals surface area (Å²) in [5.41, 5.74) is 2.11. The molecule has 192 valence electrons. The lowest BCUT2D eigenvalue weighted by Crippen LogP contribution is -2.32. The summed E-state index contributed by atoms with van der Waals surface area (Å²) >= 11 is 0. The van der Waals surface area contributed by atoms with Crippen molar-refractivity contribution in [2.45, 2.75) is 73.3 Å². The zero-order valence-corrected chi connectivity index (χ0v) is 21.7. The third kappa shape index (κ3) is 5.11. The van der Waals surface area contributed by atoms with Crippen LogP contribution in [-0.4, -0.2) is 32.4 Å². The van der Waals surface area contributed by atoms with Gasteiger partial charge in [0.15, 0.2) is 6.10 Å². The Labute approximate surface area is 209 Å². The van der Waals surface area contributed by atoms with Crippen molar-refractivity contribution in [3.05, 3.63) is 57.4 Å². The maximum Gasteiger partial charge on any atom is 0.514 e. The molecule has 1 aromatic carbocycles. The van der Waals surface area contributed by atoms with Gasteiger partial charge in [-0.2, -0.15) is 0 Å². The van der Waals surface area contributed by atoms with Crippen molar-refractivity contribution in [1.82, 2.24) is 9.55 Å². The number of carbonyl (C=O) groups is 2. The average molecular weight is 497 g/mol. The fourth-order valence-electron chi connectivity index (χ4n) is 3.94. The molecule has 0 spiro atoms. The number of aliphatic hydroxyl groups is 1. The normalized spacial score (nSPS) is 15.2. The number of aromatic nitrogens is 2. The van der Waals surface area contributed by atoms with Gasteiger partial charge in [-0.1, -0.05) is 27.7 Å². The number of esters is 1. The molecule has 0 fully saturated rings. The van der Waals surface area contributed by atoms with Gasteiger partial charge in [0.25, 0.3) is 5.56 Å². The molecule has 0 aliphatic carbocycles. The van der Waals surface area contributed by atoms with Gasteiger partial charge < -0.3 is 23.9 Å². The van der Waals surface area contributed by atoms with E-state index in [1.54, 1.807) is 49.6 Å². The average Bonchev–Trinajstić information content (AvgIpc) is 3.19.